The van der Waals surface area contributed by atoms with Gasteiger partial charge in [-0.2, -0.15) is 0 Å². The van der Waals surface area contributed by atoms with Crippen LogP contribution < -0.4 is 10.2 Å². The highest BCUT2D eigenvalue weighted by atomic mass is 35.5. The van der Waals surface area contributed by atoms with Crippen molar-refractivity contribution in [2.24, 2.45) is 0 Å². The third-order valence-electron chi connectivity index (χ3n) is 6.75. The van der Waals surface area contributed by atoms with Gasteiger partial charge in [0.25, 0.3) is 5.91 Å². The first-order valence-electron chi connectivity index (χ1n) is 13.5. The molecule has 3 aromatic carbocycles. The van der Waals surface area contributed by atoms with E-state index in [1.807, 2.05) is 42.5 Å². The summed E-state index contributed by atoms with van der Waals surface area (Å²) in [5.41, 5.74) is 3.59. The molecule has 0 atom stereocenters. The van der Waals surface area contributed by atoms with Crippen LogP contribution in [0.2, 0.25) is 5.15 Å². The largest absolute Gasteiger partial charge is 0.354 e. The van der Waals surface area contributed by atoms with Crippen LogP contribution in [0.5, 0.6) is 0 Å². The molecule has 4 aromatic rings. The van der Waals surface area contributed by atoms with Crippen LogP contribution >= 0.6 is 23.4 Å². The number of benzene rings is 3. The first-order valence-corrected chi connectivity index (χ1v) is 14.9. The van der Waals surface area contributed by atoms with Crippen LogP contribution in [0.4, 0.5) is 10.2 Å². The highest BCUT2D eigenvalue weighted by molar-refractivity contribution is 7.98. The molecule has 1 fully saturated rings. The van der Waals surface area contributed by atoms with Crippen LogP contribution in [0.1, 0.15) is 27.0 Å². The molecule has 1 N–H and O–H groups in total. The van der Waals surface area contributed by atoms with Gasteiger partial charge in [-0.15, -0.1) is 0 Å². The lowest BCUT2D eigenvalue weighted by molar-refractivity contribution is 0.0951. The Morgan fingerprint density at radius 3 is 2.49 bits per heavy atom. The van der Waals surface area contributed by atoms with Crippen molar-refractivity contribution in [1.82, 2.24) is 20.2 Å². The van der Waals surface area contributed by atoms with E-state index in [2.05, 4.69) is 44.4 Å². The topological polar surface area (TPSA) is 61.4 Å². The molecule has 0 unspecified atom stereocenters. The van der Waals surface area contributed by atoms with E-state index in [1.54, 1.807) is 18.2 Å². The number of carbonyl (C=O) groups excluding carboxylic acids is 1. The first kappa shape index (κ1) is 28.8. The molecule has 6 nitrogen and oxygen atoms in total. The maximum absolute atomic E-state index is 13.1. The Balaban J connectivity index is 1.12. The van der Waals surface area contributed by atoms with E-state index in [4.69, 9.17) is 16.6 Å². The van der Waals surface area contributed by atoms with Crippen molar-refractivity contribution in [2.45, 2.75) is 17.5 Å². The van der Waals surface area contributed by atoms with Crippen molar-refractivity contribution >= 4 is 41.2 Å². The number of aromatic nitrogens is 2. The quantitative estimate of drug-likeness (QED) is 0.133. The van der Waals surface area contributed by atoms with Crippen molar-refractivity contribution < 1.29 is 9.18 Å². The molecule has 0 saturated carbocycles. The monoisotopic (exact) mass is 587 g/mol. The SMILES string of the molecule is O=C(NCc1ccc(F)cc1)c1cccc(CSc2nc(Cl)cc(N3CCN(CC=Cc4ccccc4)CC3)n2)c1. The molecule has 0 aliphatic carbocycles. The predicted molar refractivity (Wildman–Crippen MR) is 165 cm³/mol. The second kappa shape index (κ2) is 14.3. The van der Waals surface area contributed by atoms with Gasteiger partial charge in [-0.1, -0.05) is 90.1 Å². The second-order valence-corrected chi connectivity index (χ2v) is 11.1. The maximum Gasteiger partial charge on any atom is 0.251 e. The minimum atomic E-state index is -0.300. The second-order valence-electron chi connectivity index (χ2n) is 9.73. The molecule has 1 aromatic heterocycles. The van der Waals surface area contributed by atoms with Crippen molar-refractivity contribution in [2.75, 3.05) is 37.6 Å². The third kappa shape index (κ3) is 8.63. The summed E-state index contributed by atoms with van der Waals surface area (Å²) in [6.07, 6.45) is 4.38. The summed E-state index contributed by atoms with van der Waals surface area (Å²) >= 11 is 7.87. The van der Waals surface area contributed by atoms with Gasteiger partial charge in [0.2, 0.25) is 0 Å². The molecular weight excluding hydrogens is 557 g/mol. The highest BCUT2D eigenvalue weighted by Gasteiger charge is 2.19. The number of carbonyl (C=O) groups is 1. The van der Waals surface area contributed by atoms with Gasteiger partial charge in [-0.25, -0.2) is 14.4 Å². The van der Waals surface area contributed by atoms with E-state index in [9.17, 15) is 9.18 Å². The van der Waals surface area contributed by atoms with Crippen molar-refractivity contribution in [3.05, 3.63) is 124 Å². The van der Waals surface area contributed by atoms with Gasteiger partial charge in [0.05, 0.1) is 0 Å². The number of rotatable bonds is 10. The van der Waals surface area contributed by atoms with E-state index < -0.39 is 0 Å². The maximum atomic E-state index is 13.1. The zero-order valence-corrected chi connectivity index (χ0v) is 24.1. The van der Waals surface area contributed by atoms with Crippen molar-refractivity contribution in [3.63, 3.8) is 0 Å². The van der Waals surface area contributed by atoms with E-state index in [1.165, 1.54) is 29.5 Å². The van der Waals surface area contributed by atoms with Crippen molar-refractivity contribution in [3.8, 4) is 0 Å². The molecule has 1 aliphatic rings. The molecular formula is C32H31ClFN5OS. The number of anilines is 1. The zero-order chi connectivity index (χ0) is 28.4. The average Bonchev–Trinajstić information content (AvgIpc) is 3.00. The van der Waals surface area contributed by atoms with E-state index in [-0.39, 0.29) is 11.7 Å². The van der Waals surface area contributed by atoms with Crippen LogP contribution in [0.3, 0.4) is 0 Å². The summed E-state index contributed by atoms with van der Waals surface area (Å²) in [4.78, 5) is 26.6. The molecule has 210 valence electrons. The summed E-state index contributed by atoms with van der Waals surface area (Å²) < 4.78 is 13.1. The minimum absolute atomic E-state index is 0.183. The normalized spacial score (nSPS) is 14.0. The average molecular weight is 588 g/mol. The van der Waals surface area contributed by atoms with Gasteiger partial charge < -0.3 is 10.2 Å². The van der Waals surface area contributed by atoms with Gasteiger partial charge in [-0.05, 0) is 41.0 Å². The molecule has 41 heavy (non-hydrogen) atoms. The van der Waals surface area contributed by atoms with Gasteiger partial charge in [-0.3, -0.25) is 9.69 Å². The Labute approximate surface area is 249 Å². The van der Waals surface area contributed by atoms with Crippen LogP contribution in [-0.2, 0) is 12.3 Å². The Kier molecular flexibility index (Phi) is 10.0. The number of nitrogens with one attached hydrogen (secondary N) is 1. The molecule has 1 saturated heterocycles. The number of nitrogens with zero attached hydrogens (tertiary/aromatic N) is 4. The number of amides is 1. The van der Waals surface area contributed by atoms with Gasteiger partial charge in [0, 0.05) is 56.7 Å². The summed E-state index contributed by atoms with van der Waals surface area (Å²) in [6, 6.07) is 25.7. The molecule has 2 heterocycles. The fourth-order valence-corrected chi connectivity index (χ4v) is 5.53. The highest BCUT2D eigenvalue weighted by Crippen LogP contribution is 2.25. The third-order valence-corrected chi connectivity index (χ3v) is 7.87. The molecule has 5 rings (SSSR count). The summed E-state index contributed by atoms with van der Waals surface area (Å²) in [7, 11) is 0. The van der Waals surface area contributed by atoms with Gasteiger partial charge in [0.1, 0.15) is 16.8 Å². The first-order chi connectivity index (χ1) is 20.0. The lowest BCUT2D eigenvalue weighted by Gasteiger charge is -2.35. The molecule has 9 heteroatoms. The van der Waals surface area contributed by atoms with Crippen LogP contribution in [0.25, 0.3) is 6.08 Å². The fraction of sp³-hybridized carbons (Fsp3) is 0.219. The number of hydrogen-bond acceptors (Lipinski definition) is 6. The molecule has 0 bridgehead atoms. The number of piperazine rings is 1. The molecule has 0 radical (unpaired) electrons. The lowest BCUT2D eigenvalue weighted by atomic mass is 10.1. The zero-order valence-electron chi connectivity index (χ0n) is 22.5. The van der Waals surface area contributed by atoms with Gasteiger partial charge >= 0.3 is 0 Å². The molecule has 1 amide bonds. The Morgan fingerprint density at radius 2 is 1.71 bits per heavy atom. The number of halogens is 2. The van der Waals surface area contributed by atoms with Crippen LogP contribution in [-0.4, -0.2) is 53.5 Å². The van der Waals surface area contributed by atoms with E-state index in [0.717, 1.165) is 49.7 Å². The van der Waals surface area contributed by atoms with Crippen LogP contribution in [0, 0.1) is 5.82 Å². The Hall–Kier alpha value is -3.72. The van der Waals surface area contributed by atoms with Crippen molar-refractivity contribution in [1.29, 1.82) is 0 Å². The number of thioether (sulfide) groups is 1. The van der Waals surface area contributed by atoms with E-state index >= 15 is 0 Å². The predicted octanol–water partition coefficient (Wildman–Crippen LogP) is 6.33. The smallest absolute Gasteiger partial charge is 0.251 e. The summed E-state index contributed by atoms with van der Waals surface area (Å²) in [5.74, 6) is 0.949. The summed E-state index contributed by atoms with van der Waals surface area (Å²) in [6.45, 7) is 4.86. The van der Waals surface area contributed by atoms with Gasteiger partial charge in [0.15, 0.2) is 5.16 Å². The molecule has 1 aliphatic heterocycles. The Morgan fingerprint density at radius 1 is 0.927 bits per heavy atom. The fourth-order valence-electron chi connectivity index (χ4n) is 4.51. The lowest BCUT2D eigenvalue weighted by Crippen LogP contribution is -2.46. The summed E-state index contributed by atoms with van der Waals surface area (Å²) in [5, 5.41) is 3.91. The van der Waals surface area contributed by atoms with E-state index in [0.29, 0.717) is 28.2 Å². The Bertz CT molecular complexity index is 1480. The molecule has 0 spiro atoms. The van der Waals surface area contributed by atoms with Crippen LogP contribution in [0.15, 0.2) is 96.2 Å². The number of hydrogen-bond donors (Lipinski definition) is 1. The standard InChI is InChI=1S/C32H31ClFN5OS/c33-29-21-30(39-18-16-38(17-19-39)15-5-9-24-6-2-1-3-7-24)37-32(36-29)41-23-26-8-4-10-27(20-26)31(40)35-22-25-11-13-28(34)14-12-25/h1-14,20-21H,15-19,22-23H2,(H,35,40). The minimum Gasteiger partial charge on any atom is -0.354 e.